The molecule has 112 valence electrons. The first-order chi connectivity index (χ1) is 9.50. The molecule has 0 aromatic carbocycles. The van der Waals surface area contributed by atoms with Gasteiger partial charge in [-0.1, -0.05) is 0 Å². The number of carbonyl (C=O) groups excluding carboxylic acids is 2. The molecule has 0 aromatic heterocycles. The maximum Gasteiger partial charge on any atom is 0.332 e. The standard InChI is InChI=1S/C12H19N3O5/c1-13-9(16)8-3-2-5-15(8)11(19)14-12(10(17)18)4-6-20-7-12/h8H,2-7H2,1H3,(H,13,16)(H,14,19)(H,17,18). The van der Waals surface area contributed by atoms with Gasteiger partial charge in [0.05, 0.1) is 6.61 Å². The summed E-state index contributed by atoms with van der Waals surface area (Å²) in [5.41, 5.74) is -1.38. The molecule has 0 aliphatic carbocycles. The van der Waals surface area contributed by atoms with Crippen molar-refractivity contribution < 1.29 is 24.2 Å². The molecular formula is C12H19N3O5. The first kappa shape index (κ1) is 14.6. The number of aliphatic carboxylic acids is 1. The monoisotopic (exact) mass is 285 g/mol. The third-order valence-electron chi connectivity index (χ3n) is 3.84. The first-order valence-electron chi connectivity index (χ1n) is 6.62. The van der Waals surface area contributed by atoms with E-state index in [1.54, 1.807) is 0 Å². The molecule has 2 unspecified atom stereocenters. The molecular weight excluding hydrogens is 266 g/mol. The number of carboxylic acid groups (broad SMARTS) is 1. The van der Waals surface area contributed by atoms with Crippen molar-refractivity contribution >= 4 is 17.9 Å². The zero-order valence-corrected chi connectivity index (χ0v) is 11.3. The Labute approximate surface area is 116 Å². The van der Waals surface area contributed by atoms with E-state index in [4.69, 9.17) is 4.74 Å². The Kier molecular flexibility index (Phi) is 4.12. The van der Waals surface area contributed by atoms with Crippen LogP contribution in [-0.2, 0) is 14.3 Å². The van der Waals surface area contributed by atoms with E-state index >= 15 is 0 Å². The number of carbonyl (C=O) groups is 3. The second-order valence-electron chi connectivity index (χ2n) is 5.09. The lowest BCUT2D eigenvalue weighted by atomic mass is 9.99. The Balaban J connectivity index is 2.07. The number of carboxylic acids is 1. The molecule has 0 aromatic rings. The van der Waals surface area contributed by atoms with Gasteiger partial charge < -0.3 is 25.4 Å². The van der Waals surface area contributed by atoms with E-state index in [2.05, 4.69) is 10.6 Å². The summed E-state index contributed by atoms with van der Waals surface area (Å²) in [7, 11) is 1.51. The summed E-state index contributed by atoms with van der Waals surface area (Å²) in [6.07, 6.45) is 1.54. The molecule has 0 saturated carbocycles. The van der Waals surface area contributed by atoms with Crippen LogP contribution in [0.2, 0.25) is 0 Å². The van der Waals surface area contributed by atoms with Crippen LogP contribution in [0.4, 0.5) is 4.79 Å². The van der Waals surface area contributed by atoms with Crippen molar-refractivity contribution in [2.24, 2.45) is 0 Å². The second kappa shape index (κ2) is 5.66. The van der Waals surface area contributed by atoms with Gasteiger partial charge in [-0.2, -0.15) is 0 Å². The molecule has 8 nitrogen and oxygen atoms in total. The number of likely N-dealkylation sites (N-methyl/N-ethyl adjacent to an activating group) is 1. The lowest BCUT2D eigenvalue weighted by Gasteiger charge is -2.29. The SMILES string of the molecule is CNC(=O)C1CCCN1C(=O)NC1(C(=O)O)CCOC1. The highest BCUT2D eigenvalue weighted by molar-refractivity contribution is 5.90. The van der Waals surface area contributed by atoms with Gasteiger partial charge in [-0.05, 0) is 12.8 Å². The summed E-state index contributed by atoms with van der Waals surface area (Å²) in [5.74, 6) is -1.34. The molecule has 20 heavy (non-hydrogen) atoms. The number of hydrogen-bond donors (Lipinski definition) is 3. The molecule has 3 amide bonds. The van der Waals surface area contributed by atoms with Crippen molar-refractivity contribution in [1.29, 1.82) is 0 Å². The predicted molar refractivity (Wildman–Crippen MR) is 68.1 cm³/mol. The minimum atomic E-state index is -1.38. The first-order valence-corrected chi connectivity index (χ1v) is 6.62. The topological polar surface area (TPSA) is 108 Å². The van der Waals surface area contributed by atoms with Crippen molar-refractivity contribution in [2.45, 2.75) is 30.8 Å². The quantitative estimate of drug-likeness (QED) is 0.626. The zero-order chi connectivity index (χ0) is 14.8. The van der Waals surface area contributed by atoms with E-state index in [1.165, 1.54) is 11.9 Å². The minimum Gasteiger partial charge on any atom is -0.479 e. The second-order valence-corrected chi connectivity index (χ2v) is 5.09. The van der Waals surface area contributed by atoms with Crippen LogP contribution in [0.1, 0.15) is 19.3 Å². The highest BCUT2D eigenvalue weighted by atomic mass is 16.5. The number of ether oxygens (including phenoxy) is 1. The molecule has 2 fully saturated rings. The van der Waals surface area contributed by atoms with Crippen LogP contribution in [0.25, 0.3) is 0 Å². The van der Waals surface area contributed by atoms with Crippen molar-refractivity contribution in [3.63, 3.8) is 0 Å². The van der Waals surface area contributed by atoms with E-state index in [0.717, 1.165) is 6.42 Å². The minimum absolute atomic E-state index is 0.0491. The van der Waals surface area contributed by atoms with E-state index in [9.17, 15) is 19.5 Å². The maximum absolute atomic E-state index is 12.3. The van der Waals surface area contributed by atoms with Gasteiger partial charge in [-0.15, -0.1) is 0 Å². The van der Waals surface area contributed by atoms with Crippen molar-refractivity contribution in [1.82, 2.24) is 15.5 Å². The molecule has 2 heterocycles. The van der Waals surface area contributed by atoms with Crippen LogP contribution < -0.4 is 10.6 Å². The van der Waals surface area contributed by atoms with Crippen LogP contribution in [0.15, 0.2) is 0 Å². The lowest BCUT2D eigenvalue weighted by Crippen LogP contribution is -2.60. The summed E-state index contributed by atoms with van der Waals surface area (Å²) in [5, 5.41) is 14.3. The van der Waals surface area contributed by atoms with Gasteiger partial charge in [0, 0.05) is 26.6 Å². The highest BCUT2D eigenvalue weighted by Crippen LogP contribution is 2.22. The fraction of sp³-hybridized carbons (Fsp3) is 0.750. The molecule has 0 radical (unpaired) electrons. The molecule has 2 aliphatic rings. The van der Waals surface area contributed by atoms with Gasteiger partial charge in [0.15, 0.2) is 5.54 Å². The molecule has 8 heteroatoms. The highest BCUT2D eigenvalue weighted by Gasteiger charge is 2.46. The summed E-state index contributed by atoms with van der Waals surface area (Å²) < 4.78 is 5.09. The number of hydrogen-bond acceptors (Lipinski definition) is 4. The lowest BCUT2D eigenvalue weighted by molar-refractivity contribution is -0.144. The summed E-state index contributed by atoms with van der Waals surface area (Å²) in [6.45, 7) is 0.693. The maximum atomic E-state index is 12.3. The van der Waals surface area contributed by atoms with E-state index in [0.29, 0.717) is 19.6 Å². The molecule has 0 spiro atoms. The number of nitrogens with zero attached hydrogens (tertiary/aromatic N) is 1. The molecule has 2 saturated heterocycles. The Morgan fingerprint density at radius 1 is 1.40 bits per heavy atom. The fourth-order valence-corrected chi connectivity index (χ4v) is 2.61. The third-order valence-corrected chi connectivity index (χ3v) is 3.84. The number of rotatable bonds is 3. The van der Waals surface area contributed by atoms with Crippen LogP contribution in [0.3, 0.4) is 0 Å². The molecule has 2 rings (SSSR count). The number of urea groups is 1. The molecule has 2 aliphatic heterocycles. The van der Waals surface area contributed by atoms with Gasteiger partial charge in [0.2, 0.25) is 5.91 Å². The summed E-state index contributed by atoms with van der Waals surface area (Å²) >= 11 is 0. The Bertz CT molecular complexity index is 419. The Hall–Kier alpha value is -1.83. The molecule has 3 N–H and O–H groups in total. The van der Waals surface area contributed by atoms with Crippen LogP contribution >= 0.6 is 0 Å². The Morgan fingerprint density at radius 2 is 2.15 bits per heavy atom. The van der Waals surface area contributed by atoms with Gasteiger partial charge in [-0.25, -0.2) is 9.59 Å². The molecule has 2 atom stereocenters. The van der Waals surface area contributed by atoms with Crippen molar-refractivity contribution in [3.8, 4) is 0 Å². The normalized spacial score (nSPS) is 29.2. The van der Waals surface area contributed by atoms with Gasteiger partial charge in [0.1, 0.15) is 6.04 Å². The van der Waals surface area contributed by atoms with Crippen molar-refractivity contribution in [3.05, 3.63) is 0 Å². The van der Waals surface area contributed by atoms with Gasteiger partial charge >= 0.3 is 12.0 Å². The van der Waals surface area contributed by atoms with E-state index in [-0.39, 0.29) is 18.9 Å². The van der Waals surface area contributed by atoms with Gasteiger partial charge in [0.25, 0.3) is 0 Å². The largest absolute Gasteiger partial charge is 0.479 e. The fourth-order valence-electron chi connectivity index (χ4n) is 2.61. The Morgan fingerprint density at radius 3 is 2.70 bits per heavy atom. The van der Waals surface area contributed by atoms with Crippen LogP contribution in [0.5, 0.6) is 0 Å². The predicted octanol–water partition coefficient (Wildman–Crippen LogP) is -0.850. The number of nitrogens with one attached hydrogen (secondary N) is 2. The number of likely N-dealkylation sites (tertiary alicyclic amines) is 1. The van der Waals surface area contributed by atoms with Gasteiger partial charge in [-0.3, -0.25) is 4.79 Å². The van der Waals surface area contributed by atoms with Crippen LogP contribution in [-0.4, -0.2) is 66.3 Å². The van der Waals surface area contributed by atoms with Crippen molar-refractivity contribution in [2.75, 3.05) is 26.8 Å². The van der Waals surface area contributed by atoms with Crippen LogP contribution in [0, 0.1) is 0 Å². The average molecular weight is 285 g/mol. The van der Waals surface area contributed by atoms with E-state index in [1.807, 2.05) is 0 Å². The summed E-state index contributed by atoms with van der Waals surface area (Å²) in [6, 6.07) is -1.06. The average Bonchev–Trinajstić information content (AvgIpc) is 3.06. The summed E-state index contributed by atoms with van der Waals surface area (Å²) in [4.78, 5) is 36.7. The number of amides is 3. The third kappa shape index (κ3) is 2.55. The zero-order valence-electron chi connectivity index (χ0n) is 11.3. The smallest absolute Gasteiger partial charge is 0.332 e. The molecule has 0 bridgehead atoms. The van der Waals surface area contributed by atoms with E-state index < -0.39 is 23.6 Å².